The lowest BCUT2D eigenvalue weighted by atomic mass is 9.84. The third-order valence-electron chi connectivity index (χ3n) is 5.36. The van der Waals surface area contributed by atoms with Crippen LogP contribution in [-0.2, 0) is 9.53 Å². The van der Waals surface area contributed by atoms with Gasteiger partial charge in [-0.1, -0.05) is 84.3 Å². The van der Waals surface area contributed by atoms with Gasteiger partial charge in [0.25, 0.3) is 0 Å². The van der Waals surface area contributed by atoms with Crippen molar-refractivity contribution in [2.75, 3.05) is 19.1 Å². The quantitative estimate of drug-likeness (QED) is 0.325. The predicted octanol–water partition coefficient (Wildman–Crippen LogP) is 5.98. The molecule has 3 nitrogen and oxygen atoms in total. The average molecular weight is 440 g/mol. The molecule has 0 saturated heterocycles. The van der Waals surface area contributed by atoms with Crippen molar-refractivity contribution in [1.29, 1.82) is 0 Å². The van der Waals surface area contributed by atoms with Crippen molar-refractivity contribution in [2.24, 2.45) is 0 Å². The van der Waals surface area contributed by atoms with Crippen LogP contribution >= 0.6 is 35.7 Å². The second-order valence-electron chi connectivity index (χ2n) is 7.35. The average Bonchev–Trinajstić information content (AvgIpc) is 3.18. The Morgan fingerprint density at radius 1 is 1.03 bits per heavy atom. The number of para-hydroxylation sites is 1. The zero-order valence-electron chi connectivity index (χ0n) is 16.7. The number of rotatable bonds is 2. The molecule has 0 bridgehead atoms. The molecule has 2 heterocycles. The lowest BCUT2D eigenvalue weighted by molar-refractivity contribution is -0.135. The van der Waals surface area contributed by atoms with Gasteiger partial charge in [0.05, 0.1) is 16.9 Å². The number of thiocarbonyl (C=S) groups is 1. The number of carbonyl (C=O) groups excluding carboxylic acids is 1. The van der Waals surface area contributed by atoms with Gasteiger partial charge in [-0.3, -0.25) is 0 Å². The molecule has 2 aromatic rings. The molecule has 4 rings (SSSR count). The van der Waals surface area contributed by atoms with Crippen LogP contribution in [0.25, 0.3) is 10.5 Å². The molecule has 148 valence electrons. The van der Waals surface area contributed by atoms with E-state index in [4.69, 9.17) is 17.0 Å². The molecule has 2 aromatic carbocycles. The van der Waals surface area contributed by atoms with E-state index in [2.05, 4.69) is 37.9 Å². The third kappa shape index (κ3) is 3.33. The lowest BCUT2D eigenvalue weighted by Gasteiger charge is -2.44. The van der Waals surface area contributed by atoms with Gasteiger partial charge in [-0.2, -0.15) is 0 Å². The number of hydrogen-bond donors (Lipinski definition) is 0. The lowest BCUT2D eigenvalue weighted by Crippen LogP contribution is -2.50. The maximum Gasteiger partial charge on any atom is 0.345 e. The number of benzene rings is 2. The van der Waals surface area contributed by atoms with Crippen LogP contribution in [0.4, 0.5) is 5.69 Å². The molecule has 0 saturated carbocycles. The summed E-state index contributed by atoms with van der Waals surface area (Å²) in [5, 5.41) is 0. The van der Waals surface area contributed by atoms with E-state index < -0.39 is 0 Å². The van der Waals surface area contributed by atoms with Crippen LogP contribution in [0, 0.1) is 0 Å². The zero-order chi connectivity index (χ0) is 20.8. The minimum absolute atomic E-state index is 0.311. The SMILES string of the molecule is COC(=O)C1=C(c2ccccc2)SC(=C2C(=S)C(C)(C)N(C)c3ccccc32)S1. The smallest absolute Gasteiger partial charge is 0.345 e. The van der Waals surface area contributed by atoms with Gasteiger partial charge in [0, 0.05) is 33.6 Å². The predicted molar refractivity (Wildman–Crippen MR) is 129 cm³/mol. The van der Waals surface area contributed by atoms with Gasteiger partial charge in [-0.05, 0) is 25.5 Å². The summed E-state index contributed by atoms with van der Waals surface area (Å²) in [6, 6.07) is 18.3. The molecule has 0 aliphatic carbocycles. The summed E-state index contributed by atoms with van der Waals surface area (Å²) in [4.78, 5) is 17.2. The van der Waals surface area contributed by atoms with Gasteiger partial charge in [0.15, 0.2) is 0 Å². The fourth-order valence-corrected chi connectivity index (χ4v) is 6.67. The second-order valence-corrected chi connectivity index (χ2v) is 10.1. The Kier molecular flexibility index (Phi) is 5.36. The number of methoxy groups -OCH3 is 1. The van der Waals surface area contributed by atoms with Crippen molar-refractivity contribution >= 4 is 62.7 Å². The molecule has 2 aliphatic rings. The first-order valence-corrected chi connectivity index (χ1v) is 11.3. The van der Waals surface area contributed by atoms with E-state index in [0.29, 0.717) is 4.91 Å². The topological polar surface area (TPSA) is 29.5 Å². The van der Waals surface area contributed by atoms with Crippen molar-refractivity contribution in [3.05, 3.63) is 74.9 Å². The van der Waals surface area contributed by atoms with Crippen LogP contribution in [-0.4, -0.2) is 30.5 Å². The molecule has 0 spiro atoms. The van der Waals surface area contributed by atoms with Gasteiger partial charge in [0.2, 0.25) is 0 Å². The van der Waals surface area contributed by atoms with E-state index >= 15 is 0 Å². The molecule has 0 amide bonds. The number of hydrogen-bond acceptors (Lipinski definition) is 6. The van der Waals surface area contributed by atoms with Crippen LogP contribution in [0.15, 0.2) is 63.7 Å². The Bertz CT molecular complexity index is 1070. The molecule has 0 aromatic heterocycles. The van der Waals surface area contributed by atoms with Crippen molar-refractivity contribution in [3.8, 4) is 0 Å². The van der Waals surface area contributed by atoms with Crippen molar-refractivity contribution in [2.45, 2.75) is 19.4 Å². The molecule has 0 N–H and O–H groups in total. The number of carbonyl (C=O) groups is 1. The fraction of sp³-hybridized carbons (Fsp3) is 0.217. The van der Waals surface area contributed by atoms with Gasteiger partial charge in [-0.25, -0.2) is 4.79 Å². The fourth-order valence-electron chi connectivity index (χ4n) is 3.47. The summed E-state index contributed by atoms with van der Waals surface area (Å²) >= 11 is 9.05. The highest BCUT2D eigenvalue weighted by Crippen LogP contribution is 2.58. The maximum absolute atomic E-state index is 12.6. The highest BCUT2D eigenvalue weighted by molar-refractivity contribution is 8.32. The van der Waals surface area contributed by atoms with E-state index in [1.165, 1.54) is 18.9 Å². The molecule has 29 heavy (non-hydrogen) atoms. The first kappa shape index (κ1) is 20.3. The standard InChI is InChI=1S/C23H21NO2S3/c1-23(2)20(27)17(15-12-8-9-13-16(15)24(23)3)22-28-18(14-10-6-5-7-11-14)19(29-22)21(25)26-4/h5-13H,1-4H3. The van der Waals surface area contributed by atoms with E-state index in [9.17, 15) is 4.79 Å². The minimum Gasteiger partial charge on any atom is -0.465 e. The Labute approximate surface area is 185 Å². The Balaban J connectivity index is 1.90. The Morgan fingerprint density at radius 2 is 1.69 bits per heavy atom. The molecule has 0 fully saturated rings. The third-order valence-corrected chi connectivity index (χ3v) is 8.69. The zero-order valence-corrected chi connectivity index (χ0v) is 19.1. The molecule has 6 heteroatoms. The number of thioether (sulfide) groups is 2. The summed E-state index contributed by atoms with van der Waals surface area (Å²) in [5.74, 6) is -0.316. The number of nitrogens with zero attached hydrogens (tertiary/aromatic N) is 1. The normalized spacial score (nSPS) is 20.7. The van der Waals surface area contributed by atoms with Gasteiger partial charge in [-0.15, -0.1) is 0 Å². The summed E-state index contributed by atoms with van der Waals surface area (Å²) in [5.41, 5.74) is 3.98. The van der Waals surface area contributed by atoms with Crippen molar-refractivity contribution < 1.29 is 9.53 Å². The molecule has 0 atom stereocenters. The summed E-state index contributed by atoms with van der Waals surface area (Å²) < 4.78 is 6.11. The summed E-state index contributed by atoms with van der Waals surface area (Å²) in [6.07, 6.45) is 0. The summed E-state index contributed by atoms with van der Waals surface area (Å²) in [7, 11) is 3.50. The largest absolute Gasteiger partial charge is 0.465 e. The number of esters is 1. The van der Waals surface area contributed by atoms with Crippen LogP contribution in [0.5, 0.6) is 0 Å². The van der Waals surface area contributed by atoms with Crippen LogP contribution in [0.2, 0.25) is 0 Å². The van der Waals surface area contributed by atoms with E-state index in [0.717, 1.165) is 36.4 Å². The molecular weight excluding hydrogens is 418 g/mol. The monoisotopic (exact) mass is 439 g/mol. The van der Waals surface area contributed by atoms with Gasteiger partial charge >= 0.3 is 5.97 Å². The maximum atomic E-state index is 12.6. The molecule has 0 unspecified atom stereocenters. The molecule has 2 aliphatic heterocycles. The minimum atomic E-state index is -0.316. The van der Waals surface area contributed by atoms with Crippen LogP contribution in [0.3, 0.4) is 0 Å². The van der Waals surface area contributed by atoms with E-state index in [1.54, 1.807) is 11.8 Å². The summed E-state index contributed by atoms with van der Waals surface area (Å²) in [6.45, 7) is 4.28. The van der Waals surface area contributed by atoms with E-state index in [1.807, 2.05) is 42.5 Å². The van der Waals surface area contributed by atoms with E-state index in [-0.39, 0.29) is 11.5 Å². The van der Waals surface area contributed by atoms with Gasteiger partial charge < -0.3 is 9.64 Å². The van der Waals surface area contributed by atoms with Crippen LogP contribution in [0.1, 0.15) is 25.0 Å². The second kappa shape index (κ2) is 7.67. The van der Waals surface area contributed by atoms with Crippen molar-refractivity contribution in [1.82, 2.24) is 0 Å². The highest BCUT2D eigenvalue weighted by Gasteiger charge is 2.41. The molecular formula is C23H21NO2S3. The van der Waals surface area contributed by atoms with Gasteiger partial charge in [0.1, 0.15) is 4.91 Å². The highest BCUT2D eigenvalue weighted by atomic mass is 32.2. The first-order valence-electron chi connectivity index (χ1n) is 9.22. The number of ether oxygens (including phenoxy) is 1. The van der Waals surface area contributed by atoms with Crippen LogP contribution < -0.4 is 4.90 Å². The Hall–Kier alpha value is -2.02. The first-order chi connectivity index (χ1) is 13.9. The Morgan fingerprint density at radius 3 is 2.38 bits per heavy atom. The number of fused-ring (bicyclic) bond motifs is 1. The molecule has 0 radical (unpaired) electrons. The van der Waals surface area contributed by atoms with Crippen molar-refractivity contribution in [3.63, 3.8) is 0 Å². The number of anilines is 1.